The molecule has 1 atom stereocenters. The molecule has 7 nitrogen and oxygen atoms in total. The Kier molecular flexibility index (Phi) is 7.01. The first-order valence-corrected chi connectivity index (χ1v) is 10.8. The highest BCUT2D eigenvalue weighted by molar-refractivity contribution is 7.89. The van der Waals surface area contributed by atoms with Crippen LogP contribution in [-0.2, 0) is 21.4 Å². The summed E-state index contributed by atoms with van der Waals surface area (Å²) in [5.41, 5.74) is 3.97. The van der Waals surface area contributed by atoms with E-state index in [1.165, 1.54) is 7.05 Å². The van der Waals surface area contributed by atoms with Gasteiger partial charge in [0.05, 0.1) is 17.1 Å². The maximum Gasteiger partial charge on any atom is 0.243 e. The van der Waals surface area contributed by atoms with Gasteiger partial charge in [-0.05, 0) is 62.9 Å². The summed E-state index contributed by atoms with van der Waals surface area (Å²) in [5, 5.41) is 7.24. The van der Waals surface area contributed by atoms with E-state index in [1.54, 1.807) is 18.2 Å². The molecular weight excluding hydrogens is 376 g/mol. The lowest BCUT2D eigenvalue weighted by Gasteiger charge is -2.19. The zero-order valence-corrected chi connectivity index (χ0v) is 18.3. The second-order valence-electron chi connectivity index (χ2n) is 7.53. The summed E-state index contributed by atoms with van der Waals surface area (Å²) in [7, 11) is -2.28. The number of aromatic nitrogens is 2. The van der Waals surface area contributed by atoms with Gasteiger partial charge in [-0.2, -0.15) is 9.40 Å². The van der Waals surface area contributed by atoms with Crippen molar-refractivity contribution in [3.8, 4) is 0 Å². The number of carbonyl (C=O) groups excluding carboxylic acids is 1. The van der Waals surface area contributed by atoms with Crippen LogP contribution >= 0.6 is 0 Å². The molecule has 0 fully saturated rings. The minimum Gasteiger partial charge on any atom is -0.355 e. The summed E-state index contributed by atoms with van der Waals surface area (Å²) >= 11 is 0. The Hall–Kier alpha value is -2.19. The first kappa shape index (κ1) is 22.1. The van der Waals surface area contributed by atoms with Crippen LogP contribution in [0.25, 0.3) is 0 Å². The average Bonchev–Trinajstić information content (AvgIpc) is 2.92. The van der Waals surface area contributed by atoms with Crippen molar-refractivity contribution in [2.75, 3.05) is 20.1 Å². The third-order valence-electron chi connectivity index (χ3n) is 4.79. The molecule has 0 aliphatic carbocycles. The molecule has 1 amide bonds. The number of benzene rings is 1. The molecule has 154 valence electrons. The maximum atomic E-state index is 12.7. The summed E-state index contributed by atoms with van der Waals surface area (Å²) in [6.07, 6.45) is 0. The first-order chi connectivity index (χ1) is 13.0. The number of rotatable bonds is 8. The summed E-state index contributed by atoms with van der Waals surface area (Å²) in [5.74, 6) is -0.154. The van der Waals surface area contributed by atoms with Crippen LogP contribution in [0.15, 0.2) is 29.2 Å². The molecule has 2 rings (SSSR count). The molecule has 0 aliphatic heterocycles. The van der Waals surface area contributed by atoms with Crippen molar-refractivity contribution < 1.29 is 13.2 Å². The molecule has 1 N–H and O–H groups in total. The normalized spacial score (nSPS) is 13.0. The monoisotopic (exact) mass is 406 g/mol. The molecule has 0 saturated carbocycles. The van der Waals surface area contributed by atoms with Crippen molar-refractivity contribution in [2.24, 2.45) is 5.92 Å². The number of likely N-dealkylation sites (N-methyl/N-ethyl adjacent to an activating group) is 1. The fourth-order valence-corrected chi connectivity index (χ4v) is 4.12. The van der Waals surface area contributed by atoms with Crippen molar-refractivity contribution in [3.05, 3.63) is 46.8 Å². The number of nitrogens with one attached hydrogen (secondary N) is 1. The van der Waals surface area contributed by atoms with E-state index in [1.807, 2.05) is 45.4 Å². The Morgan fingerprint density at radius 3 is 2.43 bits per heavy atom. The van der Waals surface area contributed by atoms with Gasteiger partial charge in [0.15, 0.2) is 0 Å². The molecule has 8 heteroatoms. The Bertz CT molecular complexity index is 950. The Balaban J connectivity index is 1.90. The van der Waals surface area contributed by atoms with E-state index >= 15 is 0 Å². The Morgan fingerprint density at radius 2 is 1.86 bits per heavy atom. The van der Waals surface area contributed by atoms with Crippen molar-refractivity contribution in [2.45, 2.75) is 46.1 Å². The van der Waals surface area contributed by atoms with E-state index in [0.29, 0.717) is 13.1 Å². The summed E-state index contributed by atoms with van der Waals surface area (Å²) in [6, 6.07) is 6.99. The van der Waals surface area contributed by atoms with Crippen molar-refractivity contribution in [1.82, 2.24) is 19.4 Å². The lowest BCUT2D eigenvalue weighted by molar-refractivity contribution is -0.121. The minimum atomic E-state index is -3.70. The molecule has 1 aromatic carbocycles. The van der Waals surface area contributed by atoms with E-state index in [0.717, 1.165) is 26.8 Å². The van der Waals surface area contributed by atoms with Crippen LogP contribution in [0.2, 0.25) is 0 Å². The highest BCUT2D eigenvalue weighted by Crippen LogP contribution is 2.18. The number of hydrogen-bond donors (Lipinski definition) is 1. The Morgan fingerprint density at radius 1 is 1.18 bits per heavy atom. The van der Waals surface area contributed by atoms with Gasteiger partial charge >= 0.3 is 0 Å². The smallest absolute Gasteiger partial charge is 0.243 e. The van der Waals surface area contributed by atoms with Crippen LogP contribution in [0.4, 0.5) is 0 Å². The van der Waals surface area contributed by atoms with Gasteiger partial charge in [-0.15, -0.1) is 0 Å². The van der Waals surface area contributed by atoms with Crippen LogP contribution in [0.3, 0.4) is 0 Å². The molecular formula is C20H30N4O3S. The lowest BCUT2D eigenvalue weighted by atomic mass is 10.1. The fraction of sp³-hybridized carbons (Fsp3) is 0.500. The second-order valence-corrected chi connectivity index (χ2v) is 9.57. The van der Waals surface area contributed by atoms with Crippen molar-refractivity contribution in [3.63, 3.8) is 0 Å². The Labute approximate surface area is 167 Å². The topological polar surface area (TPSA) is 84.3 Å². The van der Waals surface area contributed by atoms with Crippen molar-refractivity contribution in [1.29, 1.82) is 0 Å². The van der Waals surface area contributed by atoms with Gasteiger partial charge in [0.2, 0.25) is 15.9 Å². The molecule has 0 spiro atoms. The van der Waals surface area contributed by atoms with Gasteiger partial charge in [-0.25, -0.2) is 8.42 Å². The maximum absolute atomic E-state index is 12.7. The highest BCUT2D eigenvalue weighted by Gasteiger charge is 2.23. The number of hydrogen-bond acceptors (Lipinski definition) is 4. The van der Waals surface area contributed by atoms with Gasteiger partial charge < -0.3 is 5.32 Å². The van der Waals surface area contributed by atoms with Gasteiger partial charge in [-0.3, -0.25) is 9.48 Å². The van der Waals surface area contributed by atoms with Gasteiger partial charge in [0.1, 0.15) is 0 Å². The predicted octanol–water partition coefficient (Wildman–Crippen LogP) is 2.19. The molecule has 2 aromatic rings. The quantitative estimate of drug-likeness (QED) is 0.728. The molecule has 1 heterocycles. The molecule has 0 saturated heterocycles. The van der Waals surface area contributed by atoms with E-state index < -0.39 is 10.0 Å². The third kappa shape index (κ3) is 5.42. The van der Waals surface area contributed by atoms with Crippen LogP contribution in [0.5, 0.6) is 0 Å². The van der Waals surface area contributed by atoms with E-state index in [-0.39, 0.29) is 23.3 Å². The first-order valence-electron chi connectivity index (χ1n) is 9.32. The van der Waals surface area contributed by atoms with Gasteiger partial charge in [0, 0.05) is 25.8 Å². The van der Waals surface area contributed by atoms with Gasteiger partial charge in [0.25, 0.3) is 0 Å². The molecule has 0 radical (unpaired) electrons. The lowest BCUT2D eigenvalue weighted by Crippen LogP contribution is -2.40. The predicted molar refractivity (Wildman–Crippen MR) is 110 cm³/mol. The highest BCUT2D eigenvalue weighted by atomic mass is 32.2. The standard InChI is InChI=1S/C20H30N4O3S/c1-14(12-24-18(5)10-17(4)22-24)11-21-20(25)13-23(6)28(26,27)19-8-7-15(2)16(3)9-19/h7-10,14H,11-13H2,1-6H3,(H,21,25). The van der Waals surface area contributed by atoms with E-state index in [4.69, 9.17) is 0 Å². The molecule has 28 heavy (non-hydrogen) atoms. The number of nitrogens with zero attached hydrogens (tertiary/aromatic N) is 3. The van der Waals surface area contributed by atoms with Crippen LogP contribution in [-0.4, -0.2) is 48.5 Å². The van der Waals surface area contributed by atoms with Crippen LogP contribution < -0.4 is 5.32 Å². The molecule has 0 bridgehead atoms. The van der Waals surface area contributed by atoms with E-state index in [9.17, 15) is 13.2 Å². The van der Waals surface area contributed by atoms with Crippen LogP contribution in [0.1, 0.15) is 29.4 Å². The summed E-state index contributed by atoms with van der Waals surface area (Å²) in [6.45, 7) is 10.7. The summed E-state index contributed by atoms with van der Waals surface area (Å²) in [4.78, 5) is 12.4. The third-order valence-corrected chi connectivity index (χ3v) is 6.59. The minimum absolute atomic E-state index is 0.170. The van der Waals surface area contributed by atoms with Crippen molar-refractivity contribution >= 4 is 15.9 Å². The number of carbonyl (C=O) groups is 1. The SMILES string of the molecule is Cc1cc(C)n(CC(C)CNC(=O)CN(C)S(=O)(=O)c2ccc(C)c(C)c2)n1. The molecule has 0 aliphatic rings. The molecule has 1 unspecified atom stereocenters. The summed E-state index contributed by atoms with van der Waals surface area (Å²) < 4.78 is 28.4. The fourth-order valence-electron chi connectivity index (χ4n) is 2.91. The van der Waals surface area contributed by atoms with Gasteiger partial charge in [-0.1, -0.05) is 13.0 Å². The zero-order chi connectivity index (χ0) is 21.1. The number of amides is 1. The second kappa shape index (κ2) is 8.87. The van der Waals surface area contributed by atoms with E-state index in [2.05, 4.69) is 10.4 Å². The number of aryl methyl sites for hydroxylation is 4. The zero-order valence-electron chi connectivity index (χ0n) is 17.5. The number of sulfonamides is 1. The largest absolute Gasteiger partial charge is 0.355 e. The average molecular weight is 407 g/mol. The molecule has 1 aromatic heterocycles. The van der Waals surface area contributed by atoms with Crippen LogP contribution in [0, 0.1) is 33.6 Å².